The predicted octanol–water partition coefficient (Wildman–Crippen LogP) is 2.43. The van der Waals surface area contributed by atoms with Gasteiger partial charge >= 0.3 is 0 Å². The lowest BCUT2D eigenvalue weighted by molar-refractivity contribution is -0.353. The summed E-state index contributed by atoms with van der Waals surface area (Å²) in [6, 6.07) is 0. The number of alkyl halides is 2. The highest BCUT2D eigenvalue weighted by Gasteiger charge is 2.50. The minimum Gasteiger partial charge on any atom is -0.344 e. The molecule has 13 heavy (non-hydrogen) atoms. The first-order chi connectivity index (χ1) is 5.75. The van der Waals surface area contributed by atoms with Gasteiger partial charge in [-0.15, -0.1) is 0 Å². The monoisotopic (exact) mass is 194 g/mol. The molecule has 1 saturated heterocycles. The summed E-state index contributed by atoms with van der Waals surface area (Å²) in [5.74, 6) is -3.97. The highest BCUT2D eigenvalue weighted by molar-refractivity contribution is 4.85. The van der Waals surface area contributed by atoms with Gasteiger partial charge < -0.3 is 9.47 Å². The number of ether oxygens (including phenoxy) is 2. The van der Waals surface area contributed by atoms with Gasteiger partial charge in [0.25, 0.3) is 5.92 Å². The Hall–Kier alpha value is -0.220. The summed E-state index contributed by atoms with van der Waals surface area (Å²) in [5, 5.41) is 0. The molecular formula is C9H16F2O2. The molecule has 1 heterocycles. The van der Waals surface area contributed by atoms with Crippen LogP contribution in [-0.4, -0.2) is 24.4 Å². The fraction of sp³-hybridized carbons (Fsp3) is 1.00. The van der Waals surface area contributed by atoms with Gasteiger partial charge in [0, 0.05) is 0 Å². The van der Waals surface area contributed by atoms with Crippen LogP contribution in [0.25, 0.3) is 0 Å². The molecule has 1 aliphatic heterocycles. The Balaban J connectivity index is 2.76. The molecule has 4 heteroatoms. The molecule has 1 unspecified atom stereocenters. The lowest BCUT2D eigenvalue weighted by Crippen LogP contribution is -2.54. The van der Waals surface area contributed by atoms with E-state index < -0.39 is 24.4 Å². The predicted molar refractivity (Wildman–Crippen MR) is 44.7 cm³/mol. The average molecular weight is 194 g/mol. The Morgan fingerprint density at radius 1 is 1.31 bits per heavy atom. The third-order valence-corrected chi connectivity index (χ3v) is 2.04. The van der Waals surface area contributed by atoms with Gasteiger partial charge in [0.2, 0.25) is 0 Å². The largest absolute Gasteiger partial charge is 0.344 e. The molecule has 1 aliphatic rings. The van der Waals surface area contributed by atoms with Crippen LogP contribution >= 0.6 is 0 Å². The molecular weight excluding hydrogens is 178 g/mol. The van der Waals surface area contributed by atoms with E-state index in [0.717, 1.165) is 0 Å². The van der Waals surface area contributed by atoms with E-state index in [9.17, 15) is 8.78 Å². The lowest BCUT2D eigenvalue weighted by Gasteiger charge is -2.42. The van der Waals surface area contributed by atoms with Gasteiger partial charge in [-0.05, 0) is 19.8 Å². The normalized spacial score (nSPS) is 32.1. The smallest absolute Gasteiger partial charge is 0.296 e. The Morgan fingerprint density at radius 3 is 2.23 bits per heavy atom. The number of hydrogen-bond donors (Lipinski definition) is 0. The van der Waals surface area contributed by atoms with Gasteiger partial charge in [0.05, 0.1) is 0 Å². The molecule has 0 amide bonds. The highest BCUT2D eigenvalue weighted by Crippen LogP contribution is 2.36. The van der Waals surface area contributed by atoms with Gasteiger partial charge in [-0.2, -0.15) is 0 Å². The second-order valence-electron chi connectivity index (χ2n) is 4.23. The zero-order valence-corrected chi connectivity index (χ0v) is 8.43. The quantitative estimate of drug-likeness (QED) is 0.638. The molecule has 0 saturated carbocycles. The Kier molecular flexibility index (Phi) is 2.65. The fourth-order valence-electron chi connectivity index (χ4n) is 1.40. The van der Waals surface area contributed by atoms with Crippen LogP contribution in [-0.2, 0) is 9.47 Å². The van der Waals surface area contributed by atoms with E-state index >= 15 is 0 Å². The number of halogens is 2. The zero-order valence-electron chi connectivity index (χ0n) is 8.43. The van der Waals surface area contributed by atoms with Crippen molar-refractivity contribution in [3.8, 4) is 0 Å². The summed E-state index contributed by atoms with van der Waals surface area (Å²) < 4.78 is 36.5. The molecule has 0 radical (unpaired) electrons. The van der Waals surface area contributed by atoms with Crippen molar-refractivity contribution in [2.24, 2.45) is 5.92 Å². The van der Waals surface area contributed by atoms with Crippen LogP contribution in [0.3, 0.4) is 0 Å². The second kappa shape index (κ2) is 3.17. The standard InChI is InChI=1S/C9H16F2O2/c1-6(2)7-9(10,11)5-12-8(3,4)13-7/h6-7H,5H2,1-4H3. The molecule has 1 rings (SSSR count). The molecule has 1 atom stereocenters. The molecule has 2 nitrogen and oxygen atoms in total. The zero-order chi connectivity index (χ0) is 10.3. The van der Waals surface area contributed by atoms with Gasteiger partial charge in [-0.3, -0.25) is 0 Å². The van der Waals surface area contributed by atoms with Crippen molar-refractivity contribution in [1.82, 2.24) is 0 Å². The summed E-state index contributed by atoms with van der Waals surface area (Å²) in [4.78, 5) is 0. The molecule has 0 aromatic rings. The number of hydrogen-bond acceptors (Lipinski definition) is 2. The Labute approximate surface area is 77.2 Å². The van der Waals surface area contributed by atoms with E-state index in [0.29, 0.717) is 0 Å². The summed E-state index contributed by atoms with van der Waals surface area (Å²) >= 11 is 0. The van der Waals surface area contributed by atoms with Crippen LogP contribution in [0.5, 0.6) is 0 Å². The molecule has 0 bridgehead atoms. The fourth-order valence-corrected chi connectivity index (χ4v) is 1.40. The van der Waals surface area contributed by atoms with Crippen molar-refractivity contribution in [2.75, 3.05) is 6.61 Å². The van der Waals surface area contributed by atoms with Crippen molar-refractivity contribution < 1.29 is 18.3 Å². The minimum absolute atomic E-state index is 0.210. The maximum Gasteiger partial charge on any atom is 0.296 e. The third-order valence-electron chi connectivity index (χ3n) is 2.04. The van der Waals surface area contributed by atoms with E-state index in [1.54, 1.807) is 27.7 Å². The van der Waals surface area contributed by atoms with Crippen LogP contribution in [0.2, 0.25) is 0 Å². The molecule has 0 aromatic carbocycles. The minimum atomic E-state index is -2.87. The first-order valence-electron chi connectivity index (χ1n) is 4.44. The topological polar surface area (TPSA) is 18.5 Å². The number of rotatable bonds is 1. The third kappa shape index (κ3) is 2.38. The maximum atomic E-state index is 13.2. The molecule has 1 fully saturated rings. The SMILES string of the molecule is CC(C)C1OC(C)(C)OCC1(F)F. The van der Waals surface area contributed by atoms with E-state index in [2.05, 4.69) is 0 Å². The van der Waals surface area contributed by atoms with Crippen LogP contribution in [0, 0.1) is 5.92 Å². The van der Waals surface area contributed by atoms with Gasteiger partial charge in [-0.25, -0.2) is 8.78 Å². The van der Waals surface area contributed by atoms with Crippen molar-refractivity contribution in [1.29, 1.82) is 0 Å². The van der Waals surface area contributed by atoms with Crippen LogP contribution < -0.4 is 0 Å². The molecule has 0 aromatic heterocycles. The second-order valence-corrected chi connectivity index (χ2v) is 4.23. The van der Waals surface area contributed by atoms with Crippen molar-refractivity contribution in [3.05, 3.63) is 0 Å². The van der Waals surface area contributed by atoms with Gasteiger partial charge in [-0.1, -0.05) is 13.8 Å². The lowest BCUT2D eigenvalue weighted by atomic mass is 9.99. The van der Waals surface area contributed by atoms with E-state index in [1.165, 1.54) is 0 Å². The summed E-state index contributed by atoms with van der Waals surface area (Å²) in [7, 11) is 0. The molecule has 0 N–H and O–H groups in total. The molecule has 78 valence electrons. The van der Waals surface area contributed by atoms with Crippen LogP contribution in [0.1, 0.15) is 27.7 Å². The molecule has 0 spiro atoms. The maximum absolute atomic E-state index is 13.2. The Morgan fingerprint density at radius 2 is 1.85 bits per heavy atom. The Bertz CT molecular complexity index is 190. The summed E-state index contributed by atoms with van der Waals surface area (Å²) in [6.07, 6.45) is -1.05. The highest BCUT2D eigenvalue weighted by atomic mass is 19.3. The van der Waals surface area contributed by atoms with Crippen LogP contribution in [0.15, 0.2) is 0 Å². The van der Waals surface area contributed by atoms with Crippen molar-refractivity contribution in [3.63, 3.8) is 0 Å². The van der Waals surface area contributed by atoms with Gasteiger partial charge in [0.1, 0.15) is 12.7 Å². The summed E-state index contributed by atoms with van der Waals surface area (Å²) in [5.41, 5.74) is 0. The first-order valence-corrected chi connectivity index (χ1v) is 4.44. The molecule has 0 aliphatic carbocycles. The van der Waals surface area contributed by atoms with E-state index in [-0.39, 0.29) is 5.92 Å². The van der Waals surface area contributed by atoms with Gasteiger partial charge in [0.15, 0.2) is 5.79 Å². The van der Waals surface area contributed by atoms with E-state index in [4.69, 9.17) is 9.47 Å². The first kappa shape index (κ1) is 10.9. The van der Waals surface area contributed by atoms with Crippen LogP contribution in [0.4, 0.5) is 8.78 Å². The van der Waals surface area contributed by atoms with E-state index in [1.807, 2.05) is 0 Å². The van der Waals surface area contributed by atoms with Crippen molar-refractivity contribution in [2.45, 2.75) is 45.5 Å². The summed E-state index contributed by atoms with van der Waals surface area (Å²) in [6.45, 7) is 6.19. The van der Waals surface area contributed by atoms with Crippen molar-refractivity contribution >= 4 is 0 Å². The average Bonchev–Trinajstić information content (AvgIpc) is 1.95.